The maximum absolute atomic E-state index is 12.5. The van der Waals surface area contributed by atoms with E-state index in [1.165, 1.54) is 37.1 Å². The number of carbonyl (C=O) groups is 1. The summed E-state index contributed by atoms with van der Waals surface area (Å²) in [5.41, 5.74) is 0. The van der Waals surface area contributed by atoms with Gasteiger partial charge in [0.25, 0.3) is 0 Å². The molecule has 2 aliphatic carbocycles. The largest absolute Gasteiger partial charge is 0.321 e. The predicted octanol–water partition coefficient (Wildman–Crippen LogP) is 3.00. The monoisotopic (exact) mass is 318 g/mol. The van der Waals surface area contributed by atoms with E-state index in [1.54, 1.807) is 16.2 Å². The molecule has 6 heteroatoms. The molecule has 1 N–H and O–H groups in total. The van der Waals surface area contributed by atoms with E-state index in [4.69, 9.17) is 5.26 Å². The third kappa shape index (κ3) is 3.09. The number of carbonyl (C=O) groups excluding carboxylic acids is 1. The molecule has 3 rings (SSSR count). The molecular weight excluding hydrogens is 296 g/mol. The standard InChI is InChI=1S/C16H22N4OS/c1-20(16(21)12-7-13(8-12)19-10-17)14-9-18-15(22-14)11-5-3-2-4-6-11/h9,11-13,19H,2-8H2,1H3. The minimum atomic E-state index is 0.0380. The molecule has 2 fully saturated rings. The molecular formula is C16H22N4OS. The van der Waals surface area contributed by atoms with E-state index >= 15 is 0 Å². The van der Waals surface area contributed by atoms with E-state index in [2.05, 4.69) is 10.3 Å². The SMILES string of the molecule is CN(C(=O)C1CC(NC#N)C1)c1cnc(C2CCCCC2)s1. The van der Waals surface area contributed by atoms with Crippen LogP contribution in [0.1, 0.15) is 55.9 Å². The number of hydrogen-bond donors (Lipinski definition) is 1. The van der Waals surface area contributed by atoms with Gasteiger partial charge in [-0.2, -0.15) is 5.26 Å². The third-order valence-corrected chi connectivity index (χ3v) is 6.12. The van der Waals surface area contributed by atoms with Crippen molar-refractivity contribution in [3.63, 3.8) is 0 Å². The number of amides is 1. The number of hydrogen-bond acceptors (Lipinski definition) is 5. The summed E-state index contributed by atoms with van der Waals surface area (Å²) in [5, 5.41) is 13.4. The fourth-order valence-corrected chi connectivity index (χ4v) is 4.44. The Kier molecular flexibility index (Phi) is 4.63. The average molecular weight is 318 g/mol. The molecule has 0 radical (unpaired) electrons. The molecule has 5 nitrogen and oxygen atoms in total. The van der Waals surface area contributed by atoms with Crippen molar-refractivity contribution in [2.45, 2.75) is 56.9 Å². The van der Waals surface area contributed by atoms with E-state index in [1.807, 2.05) is 19.4 Å². The molecule has 1 heterocycles. The van der Waals surface area contributed by atoms with Crippen molar-refractivity contribution in [2.75, 3.05) is 11.9 Å². The van der Waals surface area contributed by atoms with Gasteiger partial charge < -0.3 is 10.2 Å². The van der Waals surface area contributed by atoms with Crippen molar-refractivity contribution in [1.82, 2.24) is 10.3 Å². The molecule has 1 aromatic heterocycles. The Morgan fingerprint density at radius 3 is 2.82 bits per heavy atom. The highest BCUT2D eigenvalue weighted by molar-refractivity contribution is 7.16. The normalized spacial score (nSPS) is 25.1. The van der Waals surface area contributed by atoms with E-state index in [0.29, 0.717) is 5.92 Å². The number of nitrogens with one attached hydrogen (secondary N) is 1. The van der Waals surface area contributed by atoms with Crippen LogP contribution in [0.15, 0.2) is 6.20 Å². The van der Waals surface area contributed by atoms with Gasteiger partial charge in [-0.25, -0.2) is 4.98 Å². The van der Waals surface area contributed by atoms with Crippen molar-refractivity contribution >= 4 is 22.2 Å². The lowest BCUT2D eigenvalue weighted by Gasteiger charge is -2.35. The second-order valence-corrected chi connectivity index (χ2v) is 7.43. The summed E-state index contributed by atoms with van der Waals surface area (Å²) in [6, 6.07) is 0.173. The molecule has 118 valence electrons. The fraction of sp³-hybridized carbons (Fsp3) is 0.688. The molecule has 1 amide bonds. The smallest absolute Gasteiger partial charge is 0.230 e. The van der Waals surface area contributed by atoms with Crippen molar-refractivity contribution in [2.24, 2.45) is 5.92 Å². The van der Waals surface area contributed by atoms with Gasteiger partial charge in [-0.1, -0.05) is 19.3 Å². The Hall–Kier alpha value is -1.61. The van der Waals surface area contributed by atoms with E-state index < -0.39 is 0 Å². The molecule has 0 spiro atoms. The first-order valence-electron chi connectivity index (χ1n) is 8.07. The quantitative estimate of drug-likeness (QED) is 0.684. The van der Waals surface area contributed by atoms with Crippen LogP contribution in [0.3, 0.4) is 0 Å². The van der Waals surface area contributed by atoms with Gasteiger partial charge in [0.1, 0.15) is 5.00 Å². The van der Waals surface area contributed by atoms with Crippen LogP contribution in [-0.4, -0.2) is 24.0 Å². The summed E-state index contributed by atoms with van der Waals surface area (Å²) >= 11 is 1.66. The lowest BCUT2D eigenvalue weighted by atomic mass is 9.79. The Balaban J connectivity index is 1.58. The van der Waals surface area contributed by atoms with Crippen molar-refractivity contribution in [3.05, 3.63) is 11.2 Å². The van der Waals surface area contributed by atoms with Gasteiger partial charge in [0.15, 0.2) is 6.19 Å². The highest BCUT2D eigenvalue weighted by atomic mass is 32.1. The zero-order chi connectivity index (χ0) is 15.5. The number of anilines is 1. The summed E-state index contributed by atoms with van der Waals surface area (Å²) < 4.78 is 0. The van der Waals surface area contributed by atoms with E-state index in [9.17, 15) is 4.79 Å². The van der Waals surface area contributed by atoms with Gasteiger partial charge in [-0.3, -0.25) is 4.79 Å². The van der Waals surface area contributed by atoms with Crippen molar-refractivity contribution < 1.29 is 4.79 Å². The van der Waals surface area contributed by atoms with Gasteiger partial charge >= 0.3 is 0 Å². The molecule has 1 aromatic rings. The average Bonchev–Trinajstić information content (AvgIpc) is 3.00. The summed E-state index contributed by atoms with van der Waals surface area (Å²) in [6.45, 7) is 0. The highest BCUT2D eigenvalue weighted by Crippen LogP contribution is 2.38. The Labute approximate surface area is 135 Å². The number of nitrogens with zero attached hydrogens (tertiary/aromatic N) is 3. The molecule has 2 aliphatic rings. The molecule has 0 aliphatic heterocycles. The molecule has 0 saturated heterocycles. The van der Waals surface area contributed by atoms with Crippen LogP contribution < -0.4 is 10.2 Å². The Bertz CT molecular complexity index is 567. The number of thiazole rings is 1. The zero-order valence-corrected chi connectivity index (χ0v) is 13.7. The number of aromatic nitrogens is 1. The first-order chi connectivity index (χ1) is 10.7. The molecule has 0 bridgehead atoms. The maximum atomic E-state index is 12.5. The zero-order valence-electron chi connectivity index (χ0n) is 12.9. The maximum Gasteiger partial charge on any atom is 0.230 e. The summed E-state index contributed by atoms with van der Waals surface area (Å²) in [5.74, 6) is 0.773. The molecule has 22 heavy (non-hydrogen) atoms. The highest BCUT2D eigenvalue weighted by Gasteiger charge is 2.36. The summed E-state index contributed by atoms with van der Waals surface area (Å²) in [7, 11) is 1.84. The molecule has 0 aromatic carbocycles. The minimum absolute atomic E-state index is 0.0380. The lowest BCUT2D eigenvalue weighted by molar-refractivity contribution is -0.125. The van der Waals surface area contributed by atoms with Crippen LogP contribution in [0.4, 0.5) is 5.00 Å². The van der Waals surface area contributed by atoms with E-state index in [-0.39, 0.29) is 17.9 Å². The summed E-state index contributed by atoms with van der Waals surface area (Å²) in [4.78, 5) is 18.8. The minimum Gasteiger partial charge on any atom is -0.321 e. The van der Waals surface area contributed by atoms with Crippen LogP contribution in [0.25, 0.3) is 0 Å². The van der Waals surface area contributed by atoms with Gasteiger partial charge in [0, 0.05) is 24.9 Å². The first kappa shape index (κ1) is 15.3. The van der Waals surface area contributed by atoms with Crippen LogP contribution in [0.2, 0.25) is 0 Å². The summed E-state index contributed by atoms with van der Waals surface area (Å²) in [6.07, 6.45) is 11.7. The van der Waals surface area contributed by atoms with Gasteiger partial charge in [-0.15, -0.1) is 11.3 Å². The van der Waals surface area contributed by atoms with Crippen LogP contribution in [0.5, 0.6) is 0 Å². The van der Waals surface area contributed by atoms with Gasteiger partial charge in [-0.05, 0) is 25.7 Å². The first-order valence-corrected chi connectivity index (χ1v) is 8.88. The fourth-order valence-electron chi connectivity index (χ4n) is 3.38. The van der Waals surface area contributed by atoms with Gasteiger partial charge in [0.2, 0.25) is 5.91 Å². The molecule has 2 saturated carbocycles. The topological polar surface area (TPSA) is 69.0 Å². The second kappa shape index (κ2) is 6.66. The van der Waals surface area contributed by atoms with Crippen LogP contribution in [-0.2, 0) is 4.79 Å². The van der Waals surface area contributed by atoms with E-state index in [0.717, 1.165) is 17.8 Å². The molecule has 0 atom stereocenters. The van der Waals surface area contributed by atoms with Crippen molar-refractivity contribution in [3.8, 4) is 6.19 Å². The van der Waals surface area contributed by atoms with Crippen molar-refractivity contribution in [1.29, 1.82) is 5.26 Å². The Morgan fingerprint density at radius 2 is 2.14 bits per heavy atom. The molecule has 0 unspecified atom stereocenters. The van der Waals surface area contributed by atoms with Crippen LogP contribution in [0, 0.1) is 17.4 Å². The van der Waals surface area contributed by atoms with Gasteiger partial charge in [0.05, 0.1) is 11.2 Å². The lowest BCUT2D eigenvalue weighted by Crippen LogP contribution is -2.46. The third-order valence-electron chi connectivity index (χ3n) is 4.88. The van der Waals surface area contributed by atoms with Crippen LogP contribution >= 0.6 is 11.3 Å². The predicted molar refractivity (Wildman–Crippen MR) is 86.6 cm³/mol. The second-order valence-electron chi connectivity index (χ2n) is 6.39. The number of nitriles is 1. The Morgan fingerprint density at radius 1 is 1.41 bits per heavy atom. The number of rotatable bonds is 4.